The largest absolute Gasteiger partial charge is 0.444 e. The number of nitrogens with zero attached hydrogens (tertiary/aromatic N) is 7. The third-order valence-electron chi connectivity index (χ3n) is 9.03. The number of ether oxygens (including phenoxy) is 2. The van der Waals surface area contributed by atoms with E-state index in [2.05, 4.69) is 36.3 Å². The fraction of sp³-hybridized carbons (Fsp3) is 0.571. The lowest BCUT2D eigenvalue weighted by Crippen LogP contribution is -2.56. The minimum atomic E-state index is -0.809. The van der Waals surface area contributed by atoms with Crippen molar-refractivity contribution in [2.45, 2.75) is 63.8 Å². The van der Waals surface area contributed by atoms with Crippen molar-refractivity contribution < 1.29 is 28.7 Å². The minimum Gasteiger partial charge on any atom is -0.444 e. The van der Waals surface area contributed by atoms with E-state index in [1.54, 1.807) is 78.4 Å². The van der Waals surface area contributed by atoms with E-state index in [9.17, 15) is 19.2 Å². The van der Waals surface area contributed by atoms with E-state index in [0.29, 0.717) is 31.9 Å². The first-order chi connectivity index (χ1) is 24.6. The van der Waals surface area contributed by atoms with Crippen LogP contribution in [0.1, 0.15) is 51.3 Å². The number of guanidine groups is 2. The van der Waals surface area contributed by atoms with Crippen LogP contribution in [0.3, 0.4) is 0 Å². The highest BCUT2D eigenvalue weighted by Crippen LogP contribution is 2.48. The van der Waals surface area contributed by atoms with E-state index < -0.39 is 34.5 Å². The number of carbonyl (C=O) groups excluding carboxylic acids is 4. The highest BCUT2D eigenvalue weighted by atomic mass is 79.9. The first kappa shape index (κ1) is 40.3. The maximum Gasteiger partial charge on any atom is 0.414 e. The van der Waals surface area contributed by atoms with E-state index in [4.69, 9.17) is 26.0 Å². The monoisotopic (exact) mass is 831 g/mol. The summed E-state index contributed by atoms with van der Waals surface area (Å²) in [5.74, 6) is -0.432. The third-order valence-corrected chi connectivity index (χ3v) is 12.0. The zero-order valence-electron chi connectivity index (χ0n) is 31.6. The van der Waals surface area contributed by atoms with Gasteiger partial charge in [0.2, 0.25) is 23.7 Å². The zero-order valence-corrected chi connectivity index (χ0v) is 34.8. The summed E-state index contributed by atoms with van der Waals surface area (Å²) >= 11 is 6.47. The van der Waals surface area contributed by atoms with Crippen LogP contribution in [0.15, 0.2) is 37.4 Å². The van der Waals surface area contributed by atoms with Crippen molar-refractivity contribution in [3.05, 3.63) is 48.5 Å². The van der Waals surface area contributed by atoms with Crippen LogP contribution in [0.25, 0.3) is 4.85 Å². The molecular weight excluding hydrogens is 786 g/mol. The van der Waals surface area contributed by atoms with Crippen molar-refractivity contribution in [2.24, 2.45) is 21.8 Å². The van der Waals surface area contributed by atoms with Gasteiger partial charge in [-0.1, -0.05) is 0 Å². The predicted molar refractivity (Wildman–Crippen MR) is 207 cm³/mol. The highest BCUT2D eigenvalue weighted by molar-refractivity contribution is 9.10. The number of amides is 4. The molecule has 4 atom stereocenters. The Balaban J connectivity index is 0.000000204. The van der Waals surface area contributed by atoms with Gasteiger partial charge < -0.3 is 19.3 Å². The smallest absolute Gasteiger partial charge is 0.414 e. The molecule has 15 nitrogen and oxygen atoms in total. The molecule has 0 bridgehead atoms. The van der Waals surface area contributed by atoms with Crippen LogP contribution in [0.2, 0.25) is 0 Å². The van der Waals surface area contributed by atoms with E-state index in [0.717, 1.165) is 14.2 Å². The Labute approximate surface area is 326 Å². The molecular formula is C35H46BrN9O6S2. The number of nitrogens with one attached hydrogen (secondary N) is 2. The van der Waals surface area contributed by atoms with Gasteiger partial charge in [0.15, 0.2) is 5.69 Å². The Bertz CT molecular complexity index is 1890. The van der Waals surface area contributed by atoms with Gasteiger partial charge in [-0.2, -0.15) is 11.3 Å². The molecule has 0 radical (unpaired) electrons. The maximum absolute atomic E-state index is 13.1. The molecule has 18 heteroatoms. The number of likely N-dealkylation sites (N-methyl/N-ethyl adjacent to an activating group) is 2. The summed E-state index contributed by atoms with van der Waals surface area (Å²) in [6, 6.07) is 3.79. The number of likely N-dealkylation sites (tertiary alicyclic amines) is 2. The lowest BCUT2D eigenvalue weighted by atomic mass is 9.83. The quantitative estimate of drug-likeness (QED) is 0.400. The molecule has 0 saturated carbocycles. The van der Waals surface area contributed by atoms with Crippen LogP contribution in [0.4, 0.5) is 15.3 Å². The molecule has 286 valence electrons. The Morgan fingerprint density at radius 3 is 1.58 bits per heavy atom. The van der Waals surface area contributed by atoms with Crippen molar-refractivity contribution in [3.8, 4) is 0 Å². The van der Waals surface area contributed by atoms with Gasteiger partial charge in [-0.15, -0.1) is 11.3 Å². The number of alkyl carbamates (subject to hydrolysis) is 2. The number of hydrogen-bond donors (Lipinski definition) is 2. The molecule has 0 spiro atoms. The summed E-state index contributed by atoms with van der Waals surface area (Å²) in [5.41, 5.74) is -2.27. The number of hydrogen-bond acceptors (Lipinski definition) is 12. The van der Waals surface area contributed by atoms with Crippen molar-refractivity contribution in [2.75, 3.05) is 54.4 Å². The maximum atomic E-state index is 13.1. The topological polar surface area (TPSA) is 153 Å². The minimum absolute atomic E-state index is 0.0556. The standard InChI is InChI=1S/C18H23N5O3S.C17H23BrN4O3S/c1-17(2,3)26-16(25)20-15-21-18(13-7-11(19-4)9-27-13)10-22(5)8-12(18)14(24)23(15)6;1-16(2,3)25-15(24)19-14-20-17(12-6-10(18)8-26-12)9-21(4)7-11(17)13(23)22(14)5/h7,9,12H,8,10H2,1-3,5-6H3,(H,20,21,25);6,8,11H,7,9H2,1-5H3,(H,19,20,24)/t12-,18-;11-,17-/m00/s1. The Morgan fingerprint density at radius 2 is 1.23 bits per heavy atom. The van der Waals surface area contributed by atoms with Crippen LogP contribution in [0.5, 0.6) is 0 Å². The van der Waals surface area contributed by atoms with Gasteiger partial charge in [-0.05, 0) is 89.1 Å². The van der Waals surface area contributed by atoms with Crippen LogP contribution in [-0.4, -0.2) is 121 Å². The highest BCUT2D eigenvalue weighted by Gasteiger charge is 2.57. The summed E-state index contributed by atoms with van der Waals surface area (Å²) in [6.45, 7) is 20.2. The average molecular weight is 833 g/mol. The van der Waals surface area contributed by atoms with Crippen molar-refractivity contribution in [3.63, 3.8) is 0 Å². The molecule has 2 aromatic rings. The van der Waals surface area contributed by atoms with Crippen LogP contribution in [-0.2, 0) is 30.1 Å². The number of rotatable bonds is 2. The summed E-state index contributed by atoms with van der Waals surface area (Å²) in [7, 11) is 7.14. The van der Waals surface area contributed by atoms with Crippen LogP contribution >= 0.6 is 38.6 Å². The Hall–Kier alpha value is -3.89. The summed E-state index contributed by atoms with van der Waals surface area (Å²) < 4.78 is 11.6. The molecule has 53 heavy (non-hydrogen) atoms. The van der Waals surface area contributed by atoms with Crippen molar-refractivity contribution >= 4 is 80.2 Å². The summed E-state index contributed by atoms with van der Waals surface area (Å²) in [6.07, 6.45) is -1.28. The summed E-state index contributed by atoms with van der Waals surface area (Å²) in [5, 5.41) is 9.03. The van der Waals surface area contributed by atoms with E-state index in [1.165, 1.54) is 21.1 Å². The molecule has 6 rings (SSSR count). The van der Waals surface area contributed by atoms with Crippen LogP contribution in [0, 0.1) is 18.4 Å². The van der Waals surface area contributed by atoms with E-state index in [1.807, 2.05) is 30.4 Å². The average Bonchev–Trinajstić information content (AvgIpc) is 3.82. The first-order valence-electron chi connectivity index (χ1n) is 16.9. The van der Waals surface area contributed by atoms with Gasteiger partial charge in [-0.3, -0.25) is 30.0 Å². The molecule has 4 aliphatic rings. The second-order valence-corrected chi connectivity index (χ2v) is 18.4. The molecule has 0 unspecified atom stereocenters. The predicted octanol–water partition coefficient (Wildman–Crippen LogP) is 5.03. The molecule has 2 fully saturated rings. The van der Waals surface area contributed by atoms with Gasteiger partial charge in [0, 0.05) is 59.9 Å². The fourth-order valence-corrected chi connectivity index (χ4v) is 9.50. The summed E-state index contributed by atoms with van der Waals surface area (Å²) in [4.78, 5) is 72.5. The van der Waals surface area contributed by atoms with E-state index in [-0.39, 0.29) is 35.6 Å². The normalized spacial score (nSPS) is 26.1. The lowest BCUT2D eigenvalue weighted by Gasteiger charge is -2.38. The van der Waals surface area contributed by atoms with E-state index >= 15 is 0 Å². The second-order valence-electron chi connectivity index (χ2n) is 15.7. The second kappa shape index (κ2) is 14.7. The van der Waals surface area contributed by atoms with Crippen molar-refractivity contribution in [1.29, 1.82) is 0 Å². The molecule has 2 saturated heterocycles. The van der Waals surface area contributed by atoms with Crippen molar-refractivity contribution in [1.82, 2.24) is 30.2 Å². The Kier molecular flexibility index (Phi) is 11.2. The van der Waals surface area contributed by atoms with Gasteiger partial charge in [0.25, 0.3) is 0 Å². The zero-order chi connectivity index (χ0) is 39.3. The Morgan fingerprint density at radius 1 is 0.811 bits per heavy atom. The molecule has 0 aliphatic carbocycles. The number of thiophene rings is 2. The number of halogens is 1. The SMILES string of the molecule is CN1C[C@H]2C(=O)N(C)C(NC(=O)OC(C)(C)C)=N[C@@]2(c2cc(Br)cs2)C1.[C-]#[N+]c1csc([C@]23CN(C)C[C@H]2C(=O)N(C)C(NC(=O)OC(C)(C)C)=N3)c1. The number of carbonyl (C=O) groups is 4. The lowest BCUT2D eigenvalue weighted by molar-refractivity contribution is -0.133. The van der Waals surface area contributed by atoms with Gasteiger partial charge in [-0.25, -0.2) is 24.4 Å². The molecule has 6 heterocycles. The van der Waals surface area contributed by atoms with Crippen LogP contribution < -0.4 is 10.6 Å². The van der Waals surface area contributed by atoms with Gasteiger partial charge in [0.1, 0.15) is 22.3 Å². The number of fused-ring (bicyclic) bond motifs is 2. The number of aliphatic imine (C=N–C) groups is 2. The molecule has 2 aromatic heterocycles. The molecule has 4 amide bonds. The van der Waals surface area contributed by atoms with Gasteiger partial charge >= 0.3 is 12.2 Å². The third kappa shape index (κ3) is 8.44. The molecule has 0 aromatic carbocycles. The molecule has 4 aliphatic heterocycles. The molecule has 2 N–H and O–H groups in total. The first-order valence-corrected chi connectivity index (χ1v) is 19.5. The van der Waals surface area contributed by atoms with Gasteiger partial charge in [0.05, 0.1) is 18.4 Å². The fourth-order valence-electron chi connectivity index (χ4n) is 6.87.